The molecule has 1 saturated heterocycles. The van der Waals surface area contributed by atoms with Crippen molar-refractivity contribution in [2.75, 3.05) is 19.7 Å². The number of rotatable bonds is 3. The topological polar surface area (TPSA) is 51.7 Å². The molecule has 1 aliphatic carbocycles. The van der Waals surface area contributed by atoms with Crippen molar-refractivity contribution < 1.29 is 27.4 Å². The van der Waals surface area contributed by atoms with Gasteiger partial charge in [0.25, 0.3) is 0 Å². The normalized spacial score (nSPS) is 25.5. The number of nitrogens with zero attached hydrogens (tertiary/aromatic N) is 2. The predicted molar refractivity (Wildman–Crippen MR) is 83.0 cm³/mol. The van der Waals surface area contributed by atoms with Gasteiger partial charge < -0.3 is 14.4 Å². The standard InChI is InChI=1S/C17H21F3N2O3/c1-16(2,3)25-15(23)22-7-11-12(8-22)13(11)9-24-14-5-4-10(6-21-14)17(18,19)20/h4-6,11-13H,7-9H2,1-3H3. The van der Waals surface area contributed by atoms with Crippen LogP contribution in [0.3, 0.4) is 0 Å². The molecular formula is C17H21F3N2O3. The van der Waals surface area contributed by atoms with Crippen LogP contribution in [-0.4, -0.2) is 41.3 Å². The lowest BCUT2D eigenvalue weighted by molar-refractivity contribution is -0.137. The Kier molecular flexibility index (Phi) is 4.33. The summed E-state index contributed by atoms with van der Waals surface area (Å²) >= 11 is 0. The Morgan fingerprint density at radius 3 is 2.36 bits per heavy atom. The van der Waals surface area contributed by atoms with Crippen molar-refractivity contribution in [2.24, 2.45) is 17.8 Å². The minimum atomic E-state index is -4.40. The molecule has 2 aliphatic rings. The number of likely N-dealkylation sites (tertiary alicyclic amines) is 1. The number of piperidine rings is 1. The molecule has 2 fully saturated rings. The third-order valence-electron chi connectivity index (χ3n) is 4.51. The molecule has 0 N–H and O–H groups in total. The zero-order valence-corrected chi connectivity index (χ0v) is 14.3. The maximum Gasteiger partial charge on any atom is 0.417 e. The van der Waals surface area contributed by atoms with Gasteiger partial charge in [-0.1, -0.05) is 0 Å². The highest BCUT2D eigenvalue weighted by molar-refractivity contribution is 5.69. The minimum Gasteiger partial charge on any atom is -0.477 e. The number of fused-ring (bicyclic) bond motifs is 1. The molecule has 138 valence electrons. The van der Waals surface area contributed by atoms with Crippen LogP contribution in [0.25, 0.3) is 0 Å². The number of carbonyl (C=O) groups is 1. The average molecular weight is 358 g/mol. The number of carbonyl (C=O) groups excluding carboxylic acids is 1. The van der Waals surface area contributed by atoms with Crippen molar-refractivity contribution in [3.8, 4) is 5.88 Å². The highest BCUT2D eigenvalue weighted by atomic mass is 19.4. The SMILES string of the molecule is CC(C)(C)OC(=O)N1CC2C(COc3ccc(C(F)(F)F)cn3)C2C1. The van der Waals surface area contributed by atoms with E-state index in [1.54, 1.807) is 4.90 Å². The molecule has 2 unspecified atom stereocenters. The summed E-state index contributed by atoms with van der Waals surface area (Å²) in [6.07, 6.45) is -3.93. The van der Waals surface area contributed by atoms with Gasteiger partial charge in [0, 0.05) is 31.3 Å². The number of pyridine rings is 1. The lowest BCUT2D eigenvalue weighted by Crippen LogP contribution is -2.37. The minimum absolute atomic E-state index is 0.182. The predicted octanol–water partition coefficient (Wildman–Crippen LogP) is 3.59. The Morgan fingerprint density at radius 2 is 1.88 bits per heavy atom. The molecule has 0 radical (unpaired) electrons. The van der Waals surface area contributed by atoms with E-state index < -0.39 is 17.3 Å². The van der Waals surface area contributed by atoms with Crippen molar-refractivity contribution in [3.63, 3.8) is 0 Å². The summed E-state index contributed by atoms with van der Waals surface area (Å²) in [6, 6.07) is 2.19. The zero-order chi connectivity index (χ0) is 18.4. The highest BCUT2D eigenvalue weighted by Gasteiger charge is 2.57. The first-order chi connectivity index (χ1) is 11.5. The van der Waals surface area contributed by atoms with E-state index in [1.807, 2.05) is 20.8 Å². The molecule has 0 aromatic carbocycles. The molecule has 0 bridgehead atoms. The van der Waals surface area contributed by atoms with E-state index >= 15 is 0 Å². The van der Waals surface area contributed by atoms with Crippen molar-refractivity contribution in [3.05, 3.63) is 23.9 Å². The summed E-state index contributed by atoms with van der Waals surface area (Å²) in [7, 11) is 0. The van der Waals surface area contributed by atoms with Gasteiger partial charge in [-0.05, 0) is 38.7 Å². The first kappa shape index (κ1) is 17.8. The summed E-state index contributed by atoms with van der Waals surface area (Å²) in [6.45, 7) is 7.15. The van der Waals surface area contributed by atoms with Crippen molar-refractivity contribution >= 4 is 6.09 Å². The largest absolute Gasteiger partial charge is 0.477 e. The molecule has 1 amide bonds. The van der Waals surface area contributed by atoms with Crippen LogP contribution in [0.2, 0.25) is 0 Å². The molecule has 3 rings (SSSR count). The van der Waals surface area contributed by atoms with Gasteiger partial charge in [-0.25, -0.2) is 9.78 Å². The fourth-order valence-electron chi connectivity index (χ4n) is 3.19. The summed E-state index contributed by atoms with van der Waals surface area (Å²) in [5.41, 5.74) is -1.31. The van der Waals surface area contributed by atoms with Gasteiger partial charge in [0.15, 0.2) is 0 Å². The summed E-state index contributed by atoms with van der Waals surface area (Å²) in [4.78, 5) is 17.4. The van der Waals surface area contributed by atoms with Crippen LogP contribution in [-0.2, 0) is 10.9 Å². The monoisotopic (exact) mass is 358 g/mol. The van der Waals surface area contributed by atoms with Crippen LogP contribution in [0.1, 0.15) is 26.3 Å². The number of amides is 1. The van der Waals surface area contributed by atoms with Crippen LogP contribution < -0.4 is 4.74 Å². The molecule has 1 aromatic heterocycles. The van der Waals surface area contributed by atoms with Crippen LogP contribution >= 0.6 is 0 Å². The molecule has 8 heteroatoms. The molecule has 5 nitrogen and oxygen atoms in total. The number of halogens is 3. The lowest BCUT2D eigenvalue weighted by Gasteiger charge is -2.25. The summed E-state index contributed by atoms with van der Waals surface area (Å²) in [5.74, 6) is 1.22. The third kappa shape index (κ3) is 4.16. The highest BCUT2D eigenvalue weighted by Crippen LogP contribution is 2.51. The maximum atomic E-state index is 12.5. The second-order valence-corrected chi connectivity index (χ2v) is 7.57. The van der Waals surface area contributed by atoms with E-state index in [4.69, 9.17) is 9.47 Å². The van der Waals surface area contributed by atoms with E-state index in [9.17, 15) is 18.0 Å². The van der Waals surface area contributed by atoms with Gasteiger partial charge in [0.2, 0.25) is 5.88 Å². The smallest absolute Gasteiger partial charge is 0.417 e. The first-order valence-electron chi connectivity index (χ1n) is 8.18. The number of hydrogen-bond donors (Lipinski definition) is 0. The summed E-state index contributed by atoms with van der Waals surface area (Å²) in [5, 5.41) is 0. The van der Waals surface area contributed by atoms with Crippen LogP contribution in [0.4, 0.5) is 18.0 Å². The Bertz CT molecular complexity index is 628. The summed E-state index contributed by atoms with van der Waals surface area (Å²) < 4.78 is 48.3. The fourth-order valence-corrected chi connectivity index (χ4v) is 3.19. The Morgan fingerprint density at radius 1 is 1.24 bits per heavy atom. The third-order valence-corrected chi connectivity index (χ3v) is 4.51. The van der Waals surface area contributed by atoms with Gasteiger partial charge in [-0.3, -0.25) is 0 Å². The van der Waals surface area contributed by atoms with Crippen molar-refractivity contribution in [1.29, 1.82) is 0 Å². The number of aromatic nitrogens is 1. The second kappa shape index (κ2) is 6.07. The Labute approximate surface area is 144 Å². The van der Waals surface area contributed by atoms with Gasteiger partial charge >= 0.3 is 12.3 Å². The number of alkyl halides is 3. The molecule has 2 heterocycles. The average Bonchev–Trinajstić information content (AvgIpc) is 2.93. The quantitative estimate of drug-likeness (QED) is 0.829. The van der Waals surface area contributed by atoms with Crippen LogP contribution in [0, 0.1) is 17.8 Å². The van der Waals surface area contributed by atoms with Gasteiger partial charge in [-0.15, -0.1) is 0 Å². The van der Waals surface area contributed by atoms with E-state index in [0.29, 0.717) is 37.5 Å². The van der Waals surface area contributed by atoms with Crippen LogP contribution in [0.5, 0.6) is 5.88 Å². The molecule has 1 aromatic rings. The molecule has 1 saturated carbocycles. The zero-order valence-electron chi connectivity index (χ0n) is 14.3. The van der Waals surface area contributed by atoms with E-state index in [2.05, 4.69) is 4.98 Å². The Hall–Kier alpha value is -1.99. The second-order valence-electron chi connectivity index (χ2n) is 7.57. The molecule has 0 spiro atoms. The lowest BCUT2D eigenvalue weighted by atomic mass is 10.2. The molecule has 2 atom stereocenters. The molecule has 25 heavy (non-hydrogen) atoms. The van der Waals surface area contributed by atoms with Gasteiger partial charge in [-0.2, -0.15) is 13.2 Å². The molecular weight excluding hydrogens is 337 g/mol. The maximum absolute atomic E-state index is 12.5. The van der Waals surface area contributed by atoms with Gasteiger partial charge in [0.05, 0.1) is 12.2 Å². The Balaban J connectivity index is 1.44. The van der Waals surface area contributed by atoms with Crippen molar-refractivity contribution in [1.82, 2.24) is 9.88 Å². The first-order valence-corrected chi connectivity index (χ1v) is 8.18. The van der Waals surface area contributed by atoms with E-state index in [-0.39, 0.29) is 12.0 Å². The number of ether oxygens (including phenoxy) is 2. The number of hydrogen-bond acceptors (Lipinski definition) is 4. The van der Waals surface area contributed by atoms with Crippen LogP contribution in [0.15, 0.2) is 18.3 Å². The van der Waals surface area contributed by atoms with E-state index in [0.717, 1.165) is 12.3 Å². The fraction of sp³-hybridized carbons (Fsp3) is 0.647. The van der Waals surface area contributed by atoms with E-state index in [1.165, 1.54) is 6.07 Å². The molecule has 1 aliphatic heterocycles. The van der Waals surface area contributed by atoms with Gasteiger partial charge in [0.1, 0.15) is 5.60 Å². The van der Waals surface area contributed by atoms with Crippen molar-refractivity contribution in [2.45, 2.75) is 32.5 Å².